The third-order valence-corrected chi connectivity index (χ3v) is 4.36. The van der Waals surface area contributed by atoms with Gasteiger partial charge in [-0.15, -0.1) is 0 Å². The van der Waals surface area contributed by atoms with Crippen LogP contribution in [0.25, 0.3) is 11.0 Å². The predicted molar refractivity (Wildman–Crippen MR) is 101 cm³/mol. The van der Waals surface area contributed by atoms with E-state index in [1.807, 2.05) is 18.5 Å². The quantitative estimate of drug-likeness (QED) is 0.685. The number of imidazole rings is 1. The highest BCUT2D eigenvalue weighted by molar-refractivity contribution is 5.80. The van der Waals surface area contributed by atoms with E-state index < -0.39 is 11.3 Å². The number of carbonyl (C=O) groups excluding carboxylic acids is 1. The largest absolute Gasteiger partial charge is 0.462 e. The summed E-state index contributed by atoms with van der Waals surface area (Å²) in [6.07, 6.45) is 5.78. The first-order chi connectivity index (χ1) is 12.8. The Hall–Kier alpha value is -3.03. The van der Waals surface area contributed by atoms with Crippen LogP contribution in [0.2, 0.25) is 0 Å². The third kappa shape index (κ3) is 4.21. The number of ether oxygens (including phenoxy) is 1. The number of hydrogen-bond acceptors (Lipinski definition) is 6. The van der Waals surface area contributed by atoms with Gasteiger partial charge in [-0.3, -0.25) is 9.78 Å². The number of pyridine rings is 1. The first-order valence-corrected chi connectivity index (χ1v) is 8.82. The van der Waals surface area contributed by atoms with Crippen LogP contribution in [0.5, 0.6) is 6.01 Å². The fourth-order valence-corrected chi connectivity index (χ4v) is 2.53. The summed E-state index contributed by atoms with van der Waals surface area (Å²) in [5.74, 6) is -0.432. The fourth-order valence-electron chi connectivity index (χ4n) is 2.53. The Morgan fingerprint density at radius 3 is 2.74 bits per heavy atom. The molecule has 3 aromatic rings. The van der Waals surface area contributed by atoms with Crippen LogP contribution < -0.4 is 10.5 Å². The highest BCUT2D eigenvalue weighted by Gasteiger charge is 2.26. The van der Waals surface area contributed by atoms with E-state index in [0.29, 0.717) is 12.5 Å². The molecule has 0 atom stereocenters. The SMILES string of the molecule is CC(C)n1cnc2cnc(Cc3ccnc(OCC(C)(C)C(N)=O)n3)cc21. The Morgan fingerprint density at radius 2 is 2.04 bits per heavy atom. The number of hydrogen-bond donors (Lipinski definition) is 1. The molecule has 0 radical (unpaired) electrons. The Labute approximate surface area is 157 Å². The fraction of sp³-hybridized carbons (Fsp3) is 0.421. The van der Waals surface area contributed by atoms with Gasteiger partial charge in [0.2, 0.25) is 5.91 Å². The van der Waals surface area contributed by atoms with Gasteiger partial charge in [-0.1, -0.05) is 0 Å². The van der Waals surface area contributed by atoms with Crippen molar-refractivity contribution in [3.8, 4) is 6.01 Å². The summed E-state index contributed by atoms with van der Waals surface area (Å²) in [6.45, 7) is 7.78. The molecule has 1 amide bonds. The van der Waals surface area contributed by atoms with E-state index in [9.17, 15) is 4.79 Å². The van der Waals surface area contributed by atoms with E-state index in [1.54, 1.807) is 26.2 Å². The molecule has 3 heterocycles. The first kappa shape index (κ1) is 18.8. The van der Waals surface area contributed by atoms with Gasteiger partial charge in [-0.05, 0) is 39.8 Å². The van der Waals surface area contributed by atoms with Gasteiger partial charge in [0.1, 0.15) is 12.1 Å². The zero-order chi connectivity index (χ0) is 19.6. The van der Waals surface area contributed by atoms with Gasteiger partial charge in [0.15, 0.2) is 0 Å². The second-order valence-electron chi connectivity index (χ2n) is 7.45. The lowest BCUT2D eigenvalue weighted by Crippen LogP contribution is -2.36. The van der Waals surface area contributed by atoms with E-state index in [4.69, 9.17) is 10.5 Å². The van der Waals surface area contributed by atoms with Crippen molar-refractivity contribution in [1.29, 1.82) is 0 Å². The molecule has 8 nitrogen and oxygen atoms in total. The molecule has 0 aromatic carbocycles. The average Bonchev–Trinajstić information content (AvgIpc) is 3.04. The van der Waals surface area contributed by atoms with Crippen LogP contribution in [-0.4, -0.2) is 37.0 Å². The van der Waals surface area contributed by atoms with E-state index in [0.717, 1.165) is 22.4 Å². The monoisotopic (exact) mass is 368 g/mol. The van der Waals surface area contributed by atoms with Crippen molar-refractivity contribution in [2.45, 2.75) is 40.2 Å². The summed E-state index contributed by atoms with van der Waals surface area (Å²) in [5, 5.41) is 0. The van der Waals surface area contributed by atoms with E-state index in [-0.39, 0.29) is 12.6 Å². The number of carbonyl (C=O) groups is 1. The molecule has 0 saturated heterocycles. The Balaban J connectivity index is 1.77. The summed E-state index contributed by atoms with van der Waals surface area (Å²) < 4.78 is 7.67. The van der Waals surface area contributed by atoms with Crippen molar-refractivity contribution < 1.29 is 9.53 Å². The molecule has 8 heteroatoms. The first-order valence-electron chi connectivity index (χ1n) is 8.82. The summed E-state index contributed by atoms with van der Waals surface area (Å²) >= 11 is 0. The van der Waals surface area contributed by atoms with Crippen molar-refractivity contribution in [2.24, 2.45) is 11.1 Å². The summed E-state index contributed by atoms with van der Waals surface area (Å²) in [5.41, 5.74) is 8.14. The molecule has 0 unspecified atom stereocenters. The highest BCUT2D eigenvalue weighted by atomic mass is 16.5. The number of aromatic nitrogens is 5. The second-order valence-corrected chi connectivity index (χ2v) is 7.45. The number of nitrogens with zero attached hydrogens (tertiary/aromatic N) is 5. The van der Waals surface area contributed by atoms with Crippen molar-refractivity contribution >= 4 is 16.9 Å². The third-order valence-electron chi connectivity index (χ3n) is 4.36. The zero-order valence-corrected chi connectivity index (χ0v) is 16.0. The Kier molecular flexibility index (Phi) is 5.07. The molecule has 3 aromatic heterocycles. The van der Waals surface area contributed by atoms with Gasteiger partial charge < -0.3 is 15.0 Å². The highest BCUT2D eigenvalue weighted by Crippen LogP contribution is 2.19. The van der Waals surface area contributed by atoms with Gasteiger partial charge in [-0.25, -0.2) is 9.97 Å². The lowest BCUT2D eigenvalue weighted by Gasteiger charge is -2.19. The van der Waals surface area contributed by atoms with E-state index in [2.05, 4.69) is 38.4 Å². The molecule has 0 spiro atoms. The standard InChI is InChI=1S/C19H24N6O2/c1-12(2)25-11-23-15-9-22-14(8-16(15)25)7-13-5-6-21-18(24-13)27-10-19(3,4)17(20)26/h5-6,8-9,11-12H,7,10H2,1-4H3,(H2,20,26). The minimum Gasteiger partial charge on any atom is -0.462 e. The lowest BCUT2D eigenvalue weighted by molar-refractivity contribution is -0.127. The molecule has 3 rings (SSSR count). The molecule has 0 aliphatic heterocycles. The van der Waals surface area contributed by atoms with Crippen LogP contribution in [0, 0.1) is 5.41 Å². The number of nitrogens with two attached hydrogens (primary N) is 1. The summed E-state index contributed by atoms with van der Waals surface area (Å²) in [6, 6.07) is 4.38. The van der Waals surface area contributed by atoms with Gasteiger partial charge >= 0.3 is 6.01 Å². The lowest BCUT2D eigenvalue weighted by atomic mass is 9.94. The smallest absolute Gasteiger partial charge is 0.316 e. The summed E-state index contributed by atoms with van der Waals surface area (Å²) in [4.78, 5) is 28.8. The van der Waals surface area contributed by atoms with Crippen molar-refractivity contribution in [2.75, 3.05) is 6.61 Å². The van der Waals surface area contributed by atoms with Crippen molar-refractivity contribution in [3.05, 3.63) is 42.2 Å². The maximum atomic E-state index is 11.4. The molecular weight excluding hydrogens is 344 g/mol. The Morgan fingerprint density at radius 1 is 1.26 bits per heavy atom. The maximum Gasteiger partial charge on any atom is 0.316 e. The minimum absolute atomic E-state index is 0.115. The molecule has 0 saturated carbocycles. The van der Waals surface area contributed by atoms with Crippen LogP contribution in [0.15, 0.2) is 30.9 Å². The van der Waals surface area contributed by atoms with Crippen molar-refractivity contribution in [1.82, 2.24) is 24.5 Å². The number of rotatable bonds is 7. The van der Waals surface area contributed by atoms with Crippen LogP contribution >= 0.6 is 0 Å². The van der Waals surface area contributed by atoms with Crippen LogP contribution in [0.4, 0.5) is 0 Å². The van der Waals surface area contributed by atoms with E-state index in [1.165, 1.54) is 0 Å². The molecule has 0 aliphatic rings. The predicted octanol–water partition coefficient (Wildman–Crippen LogP) is 2.28. The van der Waals surface area contributed by atoms with Gasteiger partial charge in [0.05, 0.1) is 29.1 Å². The molecule has 0 bridgehead atoms. The molecule has 27 heavy (non-hydrogen) atoms. The molecule has 2 N–H and O–H groups in total. The molecular formula is C19H24N6O2. The van der Waals surface area contributed by atoms with Gasteiger partial charge in [0.25, 0.3) is 0 Å². The van der Waals surface area contributed by atoms with Gasteiger partial charge in [0, 0.05) is 24.4 Å². The topological polar surface area (TPSA) is 109 Å². The molecule has 0 fully saturated rings. The van der Waals surface area contributed by atoms with E-state index >= 15 is 0 Å². The van der Waals surface area contributed by atoms with Crippen LogP contribution in [0.3, 0.4) is 0 Å². The molecule has 142 valence electrons. The minimum atomic E-state index is -0.790. The number of primary amides is 1. The van der Waals surface area contributed by atoms with Crippen LogP contribution in [-0.2, 0) is 11.2 Å². The number of fused-ring (bicyclic) bond motifs is 1. The summed E-state index contributed by atoms with van der Waals surface area (Å²) in [7, 11) is 0. The molecule has 0 aliphatic carbocycles. The average molecular weight is 368 g/mol. The maximum absolute atomic E-state index is 11.4. The zero-order valence-electron chi connectivity index (χ0n) is 16.0. The van der Waals surface area contributed by atoms with Crippen molar-refractivity contribution in [3.63, 3.8) is 0 Å². The Bertz CT molecular complexity index is 964. The van der Waals surface area contributed by atoms with Crippen LogP contribution in [0.1, 0.15) is 45.1 Å². The number of amides is 1. The van der Waals surface area contributed by atoms with Gasteiger partial charge in [-0.2, -0.15) is 4.98 Å². The normalized spacial score (nSPS) is 11.9. The second kappa shape index (κ2) is 7.30.